The van der Waals surface area contributed by atoms with E-state index in [0.717, 1.165) is 31.4 Å². The van der Waals surface area contributed by atoms with E-state index < -0.39 is 0 Å². The minimum atomic E-state index is -0.0806. The minimum Gasteiger partial charge on any atom is -0.396 e. The molecule has 1 rings (SSSR count). The quantitative estimate of drug-likeness (QED) is 0.680. The third-order valence-corrected chi connectivity index (χ3v) is 3.47. The van der Waals surface area contributed by atoms with E-state index in [1.165, 1.54) is 0 Å². The number of carbonyl (C=O) groups excluding carboxylic acids is 1. The lowest BCUT2D eigenvalue weighted by Gasteiger charge is -2.18. The van der Waals surface area contributed by atoms with E-state index in [1.54, 1.807) is 4.90 Å². The van der Waals surface area contributed by atoms with Crippen LogP contribution in [-0.4, -0.2) is 36.1 Å². The number of amides is 1. The Hall–Kier alpha value is -1.39. The van der Waals surface area contributed by atoms with Gasteiger partial charge in [-0.25, -0.2) is 0 Å². The summed E-state index contributed by atoms with van der Waals surface area (Å²) in [5.74, 6) is 0.139. The van der Waals surface area contributed by atoms with Crippen LogP contribution in [0.15, 0.2) is 30.3 Å². The van der Waals surface area contributed by atoms with Crippen molar-refractivity contribution in [3.8, 4) is 0 Å². The van der Waals surface area contributed by atoms with Crippen LogP contribution in [0.4, 0.5) is 0 Å². The minimum absolute atomic E-state index is 0.0806. The van der Waals surface area contributed by atoms with Gasteiger partial charge in [-0.15, -0.1) is 0 Å². The van der Waals surface area contributed by atoms with Crippen molar-refractivity contribution in [2.24, 2.45) is 5.73 Å². The Morgan fingerprint density at radius 1 is 1.25 bits per heavy atom. The van der Waals surface area contributed by atoms with Crippen LogP contribution in [0.5, 0.6) is 0 Å². The maximum absolute atomic E-state index is 12.0. The SMILES string of the molecule is CN(CCCCCO)C(=O)CCC(N)c1ccccc1. The second-order valence-electron chi connectivity index (χ2n) is 5.16. The molecule has 1 unspecified atom stereocenters. The Morgan fingerprint density at radius 2 is 1.95 bits per heavy atom. The van der Waals surface area contributed by atoms with Gasteiger partial charge in [-0.2, -0.15) is 0 Å². The molecule has 3 N–H and O–H groups in total. The van der Waals surface area contributed by atoms with Crippen molar-refractivity contribution >= 4 is 5.91 Å². The smallest absolute Gasteiger partial charge is 0.222 e. The summed E-state index contributed by atoms with van der Waals surface area (Å²) < 4.78 is 0. The van der Waals surface area contributed by atoms with Gasteiger partial charge in [-0.1, -0.05) is 30.3 Å². The van der Waals surface area contributed by atoms with Crippen molar-refractivity contribution < 1.29 is 9.90 Å². The summed E-state index contributed by atoms with van der Waals surface area (Å²) in [6.45, 7) is 0.975. The molecule has 0 heterocycles. The van der Waals surface area contributed by atoms with Crippen molar-refractivity contribution in [3.05, 3.63) is 35.9 Å². The van der Waals surface area contributed by atoms with E-state index in [4.69, 9.17) is 10.8 Å². The molecule has 0 aliphatic heterocycles. The Kier molecular flexibility index (Phi) is 7.92. The van der Waals surface area contributed by atoms with E-state index in [-0.39, 0.29) is 18.6 Å². The monoisotopic (exact) mass is 278 g/mol. The molecule has 0 aromatic heterocycles. The van der Waals surface area contributed by atoms with Crippen molar-refractivity contribution in [1.82, 2.24) is 4.90 Å². The number of aliphatic hydroxyl groups excluding tert-OH is 1. The highest BCUT2D eigenvalue weighted by atomic mass is 16.2. The molecule has 1 amide bonds. The molecule has 1 atom stereocenters. The molecule has 1 aromatic carbocycles. The number of hydrogen-bond donors (Lipinski definition) is 2. The topological polar surface area (TPSA) is 66.6 Å². The van der Waals surface area contributed by atoms with Crippen LogP contribution in [0.25, 0.3) is 0 Å². The highest BCUT2D eigenvalue weighted by molar-refractivity contribution is 5.75. The summed E-state index contributed by atoms with van der Waals surface area (Å²) in [4.78, 5) is 13.7. The molecule has 112 valence electrons. The van der Waals surface area contributed by atoms with Gasteiger partial charge in [-0.3, -0.25) is 4.79 Å². The molecule has 4 heteroatoms. The van der Waals surface area contributed by atoms with Gasteiger partial charge < -0.3 is 15.7 Å². The molecule has 0 aliphatic carbocycles. The number of carbonyl (C=O) groups is 1. The van der Waals surface area contributed by atoms with Gasteiger partial charge in [0.25, 0.3) is 0 Å². The Labute approximate surface area is 121 Å². The zero-order chi connectivity index (χ0) is 14.8. The summed E-state index contributed by atoms with van der Waals surface area (Å²) in [7, 11) is 1.83. The van der Waals surface area contributed by atoms with Crippen molar-refractivity contribution in [3.63, 3.8) is 0 Å². The third-order valence-electron chi connectivity index (χ3n) is 3.47. The van der Waals surface area contributed by atoms with Gasteiger partial charge in [0, 0.05) is 32.7 Å². The molecule has 0 bridgehead atoms. The van der Waals surface area contributed by atoms with Gasteiger partial charge in [-0.05, 0) is 31.2 Å². The lowest BCUT2D eigenvalue weighted by atomic mass is 10.0. The maximum Gasteiger partial charge on any atom is 0.222 e. The highest BCUT2D eigenvalue weighted by Gasteiger charge is 2.12. The number of benzene rings is 1. The van der Waals surface area contributed by atoms with E-state index in [1.807, 2.05) is 37.4 Å². The van der Waals surface area contributed by atoms with Crippen molar-refractivity contribution in [2.75, 3.05) is 20.2 Å². The first-order valence-electron chi connectivity index (χ1n) is 7.30. The lowest BCUT2D eigenvalue weighted by Crippen LogP contribution is -2.28. The van der Waals surface area contributed by atoms with Gasteiger partial charge in [0.2, 0.25) is 5.91 Å². The van der Waals surface area contributed by atoms with Crippen LogP contribution in [0, 0.1) is 0 Å². The zero-order valence-electron chi connectivity index (χ0n) is 12.3. The summed E-state index contributed by atoms with van der Waals surface area (Å²) in [5.41, 5.74) is 7.16. The number of hydrogen-bond acceptors (Lipinski definition) is 3. The molecular weight excluding hydrogens is 252 g/mol. The van der Waals surface area contributed by atoms with Crippen molar-refractivity contribution in [1.29, 1.82) is 0 Å². The number of nitrogens with zero attached hydrogens (tertiary/aromatic N) is 1. The summed E-state index contributed by atoms with van der Waals surface area (Å²) in [6.07, 6.45) is 3.85. The first-order valence-corrected chi connectivity index (χ1v) is 7.30. The zero-order valence-corrected chi connectivity index (χ0v) is 12.3. The maximum atomic E-state index is 12.0. The van der Waals surface area contributed by atoms with Gasteiger partial charge in [0.05, 0.1) is 0 Å². The average Bonchev–Trinajstić information content (AvgIpc) is 2.49. The van der Waals surface area contributed by atoms with Crippen molar-refractivity contribution in [2.45, 2.75) is 38.1 Å². The second-order valence-corrected chi connectivity index (χ2v) is 5.16. The predicted molar refractivity (Wildman–Crippen MR) is 81.2 cm³/mol. The van der Waals surface area contributed by atoms with Gasteiger partial charge in [0.1, 0.15) is 0 Å². The Morgan fingerprint density at radius 3 is 2.60 bits per heavy atom. The van der Waals surface area contributed by atoms with E-state index in [2.05, 4.69) is 0 Å². The van der Waals surface area contributed by atoms with E-state index >= 15 is 0 Å². The Bertz CT molecular complexity index is 381. The molecule has 0 saturated carbocycles. The average molecular weight is 278 g/mol. The van der Waals surface area contributed by atoms with E-state index in [0.29, 0.717) is 12.8 Å². The fraction of sp³-hybridized carbons (Fsp3) is 0.562. The molecular formula is C16H26N2O2. The van der Waals surface area contributed by atoms with Crippen LogP contribution in [0.1, 0.15) is 43.7 Å². The highest BCUT2D eigenvalue weighted by Crippen LogP contribution is 2.15. The number of unbranched alkanes of at least 4 members (excludes halogenated alkanes) is 2. The number of nitrogens with two attached hydrogens (primary N) is 1. The first kappa shape index (κ1) is 16.7. The molecule has 0 saturated heterocycles. The van der Waals surface area contributed by atoms with Gasteiger partial charge in [0.15, 0.2) is 0 Å². The number of rotatable bonds is 9. The number of aliphatic hydroxyl groups is 1. The van der Waals surface area contributed by atoms with Crippen LogP contribution in [-0.2, 0) is 4.79 Å². The second kappa shape index (κ2) is 9.50. The van der Waals surface area contributed by atoms with E-state index in [9.17, 15) is 4.79 Å². The fourth-order valence-electron chi connectivity index (χ4n) is 2.10. The van der Waals surface area contributed by atoms with Crippen LogP contribution in [0.2, 0.25) is 0 Å². The van der Waals surface area contributed by atoms with Crippen LogP contribution >= 0.6 is 0 Å². The predicted octanol–water partition coefficient (Wildman–Crippen LogP) is 2.09. The summed E-state index contributed by atoms with van der Waals surface area (Å²) >= 11 is 0. The summed E-state index contributed by atoms with van der Waals surface area (Å²) in [5, 5.41) is 8.70. The van der Waals surface area contributed by atoms with Crippen LogP contribution < -0.4 is 5.73 Å². The molecule has 0 fully saturated rings. The molecule has 1 aromatic rings. The first-order chi connectivity index (χ1) is 9.65. The lowest BCUT2D eigenvalue weighted by molar-refractivity contribution is -0.130. The Balaban J connectivity index is 2.25. The standard InChI is InChI=1S/C16H26N2O2/c1-18(12-6-3-7-13-19)16(20)11-10-15(17)14-8-4-2-5-9-14/h2,4-5,8-9,15,19H,3,6-7,10-13,17H2,1H3. The summed E-state index contributed by atoms with van der Waals surface area (Å²) in [6, 6.07) is 9.79. The molecule has 4 nitrogen and oxygen atoms in total. The van der Waals surface area contributed by atoms with Crippen LogP contribution in [0.3, 0.4) is 0 Å². The molecule has 0 radical (unpaired) electrons. The molecule has 20 heavy (non-hydrogen) atoms. The van der Waals surface area contributed by atoms with Gasteiger partial charge >= 0.3 is 0 Å². The molecule has 0 spiro atoms. The largest absolute Gasteiger partial charge is 0.396 e. The third kappa shape index (κ3) is 6.17. The fourth-order valence-corrected chi connectivity index (χ4v) is 2.10. The normalized spacial score (nSPS) is 12.2. The molecule has 0 aliphatic rings.